The largest absolute Gasteiger partial charge is 0.109 e. The van der Waals surface area contributed by atoms with Crippen molar-refractivity contribution in [2.45, 2.75) is 0 Å². The summed E-state index contributed by atoms with van der Waals surface area (Å²) >= 11 is 11.1. The van der Waals surface area contributed by atoms with E-state index in [9.17, 15) is 0 Å². The van der Waals surface area contributed by atoms with Crippen LogP contribution in [0, 0.1) is 0 Å². The Morgan fingerprint density at radius 1 is 1.09 bits per heavy atom. The van der Waals surface area contributed by atoms with Crippen LogP contribution in [0.1, 0.15) is 5.56 Å². The van der Waals surface area contributed by atoms with Crippen LogP contribution in [0.4, 0.5) is 0 Å². The summed E-state index contributed by atoms with van der Waals surface area (Å²) in [5, 5.41) is 0. The Morgan fingerprint density at radius 2 is 1.73 bits per heavy atom. The average molecular weight is 205 g/mol. The molecule has 0 radical (unpaired) electrons. The van der Waals surface area contributed by atoms with Gasteiger partial charge in [-0.1, -0.05) is 58.9 Å². The summed E-state index contributed by atoms with van der Waals surface area (Å²) in [4.78, 5) is 0. The van der Waals surface area contributed by atoms with Crippen LogP contribution in [0.25, 0.3) is 6.08 Å². The lowest BCUT2D eigenvalue weighted by Crippen LogP contribution is -1.65. The zero-order valence-corrected chi connectivity index (χ0v) is 8.15. The third-order valence-corrected chi connectivity index (χ3v) is 2.23. The first kappa shape index (κ1) is 9.06. The molecule has 0 fully saturated rings. The Bertz CT molecular complexity index is 231. The summed E-state index contributed by atoms with van der Waals surface area (Å²) in [6.07, 6.45) is 1.92. The van der Waals surface area contributed by atoms with Gasteiger partial charge in [-0.15, -0.1) is 0 Å². The van der Waals surface area contributed by atoms with Crippen molar-refractivity contribution < 1.29 is 0 Å². The lowest BCUT2D eigenvalue weighted by atomic mass is 10.2. The van der Waals surface area contributed by atoms with E-state index in [-0.39, 0.29) is 0 Å². The molecular formula is C8H7Cl2P. The van der Waals surface area contributed by atoms with E-state index in [1.54, 1.807) is 5.82 Å². The molecule has 0 heterocycles. The van der Waals surface area contributed by atoms with E-state index in [0.717, 1.165) is 5.56 Å². The summed E-state index contributed by atoms with van der Waals surface area (Å²) in [5.74, 6) is 1.80. The molecule has 1 aromatic carbocycles. The topological polar surface area (TPSA) is 0 Å². The molecule has 0 amide bonds. The van der Waals surface area contributed by atoms with Gasteiger partial charge in [0.05, 0.1) is 0 Å². The maximum absolute atomic E-state index is 5.57. The highest BCUT2D eigenvalue weighted by atomic mass is 35.9. The second kappa shape index (κ2) is 4.77. The molecule has 0 aliphatic carbocycles. The second-order valence-electron chi connectivity index (χ2n) is 1.99. The van der Waals surface area contributed by atoms with E-state index in [2.05, 4.69) is 0 Å². The molecule has 1 aromatic rings. The molecule has 1 rings (SSSR count). The molecule has 58 valence electrons. The van der Waals surface area contributed by atoms with Crippen LogP contribution in [0.3, 0.4) is 0 Å². The average Bonchev–Trinajstić information content (AvgIpc) is 2.03. The predicted molar refractivity (Wildman–Crippen MR) is 54.1 cm³/mol. The Hall–Kier alpha value is -0.0300. The van der Waals surface area contributed by atoms with E-state index >= 15 is 0 Å². The molecule has 0 atom stereocenters. The van der Waals surface area contributed by atoms with E-state index in [4.69, 9.17) is 22.5 Å². The second-order valence-corrected chi connectivity index (χ2v) is 5.51. The number of benzene rings is 1. The van der Waals surface area contributed by atoms with Gasteiger partial charge in [-0.3, -0.25) is 0 Å². The molecule has 0 nitrogen and oxygen atoms in total. The van der Waals surface area contributed by atoms with Gasteiger partial charge in [0.15, 0.2) is 0 Å². The Morgan fingerprint density at radius 3 is 2.27 bits per heavy atom. The number of hydrogen-bond donors (Lipinski definition) is 0. The van der Waals surface area contributed by atoms with Gasteiger partial charge in [-0.2, -0.15) is 0 Å². The normalized spacial score (nSPS) is 11.2. The van der Waals surface area contributed by atoms with Crippen LogP contribution in [-0.4, -0.2) is 0 Å². The van der Waals surface area contributed by atoms with Gasteiger partial charge in [-0.25, -0.2) is 0 Å². The lowest BCUT2D eigenvalue weighted by Gasteiger charge is -1.90. The van der Waals surface area contributed by atoms with Gasteiger partial charge in [0.25, 0.3) is 0 Å². The quantitative estimate of drug-likeness (QED) is 0.625. The minimum absolute atomic E-state index is 0.960. The maximum Gasteiger partial charge on any atom is 0.109 e. The Kier molecular flexibility index (Phi) is 3.93. The number of rotatable bonds is 2. The molecule has 0 aliphatic rings. The van der Waals surface area contributed by atoms with Crippen molar-refractivity contribution in [1.29, 1.82) is 0 Å². The summed E-state index contributed by atoms with van der Waals surface area (Å²) < 4.78 is 0. The van der Waals surface area contributed by atoms with Crippen LogP contribution in [0.2, 0.25) is 0 Å². The Balaban J connectivity index is 2.65. The summed E-state index contributed by atoms with van der Waals surface area (Å²) in [5.41, 5.74) is 1.13. The molecule has 0 saturated carbocycles. The summed E-state index contributed by atoms with van der Waals surface area (Å²) in [6, 6.07) is 9.93. The van der Waals surface area contributed by atoms with Gasteiger partial charge in [-0.05, 0) is 11.4 Å². The summed E-state index contributed by atoms with van der Waals surface area (Å²) in [7, 11) is 0. The van der Waals surface area contributed by atoms with Gasteiger partial charge in [0.2, 0.25) is 0 Å². The van der Waals surface area contributed by atoms with Gasteiger partial charge >= 0.3 is 0 Å². The molecule has 0 bridgehead atoms. The zero-order chi connectivity index (χ0) is 8.10. The molecule has 0 aliphatic heterocycles. The molecule has 11 heavy (non-hydrogen) atoms. The minimum Gasteiger partial charge on any atom is -0.0734 e. The van der Waals surface area contributed by atoms with Crippen LogP contribution in [0.15, 0.2) is 36.1 Å². The van der Waals surface area contributed by atoms with E-state index in [1.165, 1.54) is 0 Å². The molecule has 0 saturated heterocycles. The highest BCUT2D eigenvalue weighted by Crippen LogP contribution is 2.48. The first-order valence-electron chi connectivity index (χ1n) is 3.13. The van der Waals surface area contributed by atoms with Gasteiger partial charge in [0, 0.05) is 0 Å². The number of hydrogen-bond acceptors (Lipinski definition) is 0. The zero-order valence-electron chi connectivity index (χ0n) is 5.74. The van der Waals surface area contributed by atoms with Crippen LogP contribution in [-0.2, 0) is 0 Å². The molecular weight excluding hydrogens is 198 g/mol. The first-order valence-corrected chi connectivity index (χ1v) is 6.35. The van der Waals surface area contributed by atoms with Crippen molar-refractivity contribution in [1.82, 2.24) is 0 Å². The lowest BCUT2D eigenvalue weighted by molar-refractivity contribution is 1.67. The van der Waals surface area contributed by atoms with E-state index < -0.39 is 6.63 Å². The minimum atomic E-state index is -0.960. The van der Waals surface area contributed by atoms with Gasteiger partial charge in [0.1, 0.15) is 6.63 Å². The predicted octanol–water partition coefficient (Wildman–Crippen LogP) is 4.45. The third-order valence-electron chi connectivity index (χ3n) is 1.18. The van der Waals surface area contributed by atoms with Crippen molar-refractivity contribution in [3.05, 3.63) is 41.7 Å². The fraction of sp³-hybridized carbons (Fsp3) is 0. The fourth-order valence-corrected chi connectivity index (χ4v) is 1.33. The molecule has 0 spiro atoms. The monoisotopic (exact) mass is 204 g/mol. The molecule has 0 N–H and O–H groups in total. The van der Waals surface area contributed by atoms with Crippen molar-refractivity contribution in [2.75, 3.05) is 0 Å². The molecule has 0 aromatic heterocycles. The maximum atomic E-state index is 5.57. The van der Waals surface area contributed by atoms with Crippen molar-refractivity contribution in [3.8, 4) is 0 Å². The van der Waals surface area contributed by atoms with Crippen molar-refractivity contribution >= 4 is 35.2 Å². The Labute approximate surface area is 77.2 Å². The smallest absolute Gasteiger partial charge is 0.0734 e. The summed E-state index contributed by atoms with van der Waals surface area (Å²) in [6.45, 7) is -0.960. The van der Waals surface area contributed by atoms with Crippen LogP contribution >= 0.6 is 29.1 Å². The van der Waals surface area contributed by atoms with Crippen LogP contribution < -0.4 is 0 Å². The highest BCUT2D eigenvalue weighted by Gasteiger charge is 1.88. The first-order chi connectivity index (χ1) is 5.29. The SMILES string of the molecule is ClP(Cl)C=Cc1ccccc1. The molecule has 0 unspecified atom stereocenters. The van der Waals surface area contributed by atoms with Crippen LogP contribution in [0.5, 0.6) is 0 Å². The fourth-order valence-electron chi connectivity index (χ4n) is 0.707. The van der Waals surface area contributed by atoms with Crippen molar-refractivity contribution in [3.63, 3.8) is 0 Å². The van der Waals surface area contributed by atoms with Gasteiger partial charge < -0.3 is 0 Å². The van der Waals surface area contributed by atoms with E-state index in [1.807, 2.05) is 36.4 Å². The molecule has 3 heteroatoms. The van der Waals surface area contributed by atoms with E-state index in [0.29, 0.717) is 0 Å². The third kappa shape index (κ3) is 3.76. The van der Waals surface area contributed by atoms with Crippen molar-refractivity contribution in [2.24, 2.45) is 0 Å². The number of halogens is 2. The highest BCUT2D eigenvalue weighted by molar-refractivity contribution is 8.06. The standard InChI is InChI=1S/C8H7Cl2P/c9-11(10)7-6-8-4-2-1-3-5-8/h1-7H.